The Hall–Kier alpha value is -1.12. The van der Waals surface area contributed by atoms with Gasteiger partial charge in [-0.3, -0.25) is 0 Å². The molecule has 5 nitrogen and oxygen atoms in total. The molecule has 20 heavy (non-hydrogen) atoms. The van der Waals surface area contributed by atoms with Gasteiger partial charge in [-0.2, -0.15) is 0 Å². The number of aromatic nitrogens is 2. The minimum Gasteiger partial charge on any atom is -0.384 e. The Balaban J connectivity index is 2.38. The van der Waals surface area contributed by atoms with Crippen LogP contribution in [0.25, 0.3) is 0 Å². The number of nitrogen functional groups attached to an aromatic ring is 1. The van der Waals surface area contributed by atoms with Gasteiger partial charge in [0.1, 0.15) is 10.8 Å². The van der Waals surface area contributed by atoms with Gasteiger partial charge in [0.25, 0.3) is 0 Å². The third kappa shape index (κ3) is 3.71. The molecular weight excluding hydrogens is 362 g/mol. The highest BCUT2D eigenvalue weighted by atomic mass is 79.9. The molecule has 1 aromatic heterocycles. The van der Waals surface area contributed by atoms with Crippen molar-refractivity contribution in [1.82, 2.24) is 9.97 Å². The molecule has 0 saturated carbocycles. The summed E-state index contributed by atoms with van der Waals surface area (Å²) in [6, 6.07) is 8.65. The summed E-state index contributed by atoms with van der Waals surface area (Å²) in [7, 11) is -3.62. The van der Waals surface area contributed by atoms with Gasteiger partial charge in [0.2, 0.25) is 15.0 Å². The maximum atomic E-state index is 12.3. The molecule has 8 heteroatoms. The van der Waals surface area contributed by atoms with Crippen molar-refractivity contribution in [3.63, 3.8) is 0 Å². The third-order valence-electron chi connectivity index (χ3n) is 2.43. The highest BCUT2D eigenvalue weighted by Gasteiger charge is 2.20. The van der Waals surface area contributed by atoms with Gasteiger partial charge in [0.05, 0.1) is 5.75 Å². The number of anilines is 1. The first-order chi connectivity index (χ1) is 9.40. The second kappa shape index (κ2) is 6.11. The zero-order valence-electron chi connectivity index (χ0n) is 10.6. The van der Waals surface area contributed by atoms with Crippen LogP contribution in [0.3, 0.4) is 0 Å². The molecule has 0 aliphatic rings. The average Bonchev–Trinajstić information content (AvgIpc) is 2.37. The Morgan fingerprint density at radius 2 is 2.05 bits per heavy atom. The van der Waals surface area contributed by atoms with Crippen molar-refractivity contribution in [2.45, 2.75) is 15.9 Å². The highest BCUT2D eigenvalue weighted by molar-refractivity contribution is 9.10. The lowest BCUT2D eigenvalue weighted by Gasteiger charge is -2.06. The molecule has 0 aliphatic heterocycles. The Labute approximate surface area is 130 Å². The molecule has 0 amide bonds. The van der Waals surface area contributed by atoms with Crippen molar-refractivity contribution in [2.24, 2.45) is 0 Å². The quantitative estimate of drug-likeness (QED) is 0.503. The zero-order chi connectivity index (χ0) is 14.8. The van der Waals surface area contributed by atoms with Crippen LogP contribution in [-0.4, -0.2) is 24.6 Å². The largest absolute Gasteiger partial charge is 0.384 e. The lowest BCUT2D eigenvalue weighted by Crippen LogP contribution is -2.11. The second-order valence-corrected chi connectivity index (χ2v) is 7.63. The summed E-state index contributed by atoms with van der Waals surface area (Å²) < 4.78 is 25.5. The maximum Gasteiger partial charge on any atom is 0.250 e. The molecular formula is C12H12BrN3O2S2. The normalized spacial score (nSPS) is 11.5. The number of thioether (sulfide) groups is 1. The van der Waals surface area contributed by atoms with Crippen LogP contribution in [0.4, 0.5) is 5.82 Å². The predicted octanol–water partition coefficient (Wildman–Crippen LogP) is 2.52. The summed E-state index contributed by atoms with van der Waals surface area (Å²) in [5, 5.41) is 0.298. The number of halogens is 1. The van der Waals surface area contributed by atoms with Crippen LogP contribution in [0.1, 0.15) is 5.56 Å². The molecule has 0 aliphatic carbocycles. The topological polar surface area (TPSA) is 85.9 Å². The zero-order valence-corrected chi connectivity index (χ0v) is 13.8. The molecule has 0 saturated heterocycles. The molecule has 0 radical (unpaired) electrons. The number of hydrogen-bond donors (Lipinski definition) is 1. The monoisotopic (exact) mass is 373 g/mol. The molecule has 0 bridgehead atoms. The number of benzene rings is 1. The van der Waals surface area contributed by atoms with Gasteiger partial charge in [-0.25, -0.2) is 18.4 Å². The van der Waals surface area contributed by atoms with E-state index in [0.29, 0.717) is 10.6 Å². The smallest absolute Gasteiger partial charge is 0.250 e. The predicted molar refractivity (Wildman–Crippen MR) is 83.3 cm³/mol. The van der Waals surface area contributed by atoms with E-state index >= 15 is 0 Å². The van der Waals surface area contributed by atoms with Crippen molar-refractivity contribution in [3.8, 4) is 0 Å². The van der Waals surface area contributed by atoms with Crippen LogP contribution < -0.4 is 5.73 Å². The van der Waals surface area contributed by atoms with E-state index in [4.69, 9.17) is 5.73 Å². The Morgan fingerprint density at radius 1 is 1.30 bits per heavy atom. The van der Waals surface area contributed by atoms with E-state index in [2.05, 4.69) is 25.9 Å². The van der Waals surface area contributed by atoms with Crippen molar-refractivity contribution in [2.75, 3.05) is 12.0 Å². The summed E-state index contributed by atoms with van der Waals surface area (Å²) in [4.78, 5) is 7.84. The van der Waals surface area contributed by atoms with Crippen LogP contribution >= 0.6 is 27.7 Å². The van der Waals surface area contributed by atoms with Crippen LogP contribution in [-0.2, 0) is 15.6 Å². The van der Waals surface area contributed by atoms with Crippen LogP contribution in [0.2, 0.25) is 0 Å². The van der Waals surface area contributed by atoms with Crippen molar-refractivity contribution >= 4 is 43.3 Å². The van der Waals surface area contributed by atoms with Gasteiger partial charge in [0, 0.05) is 10.5 Å². The molecule has 0 atom stereocenters. The highest BCUT2D eigenvalue weighted by Crippen LogP contribution is 2.20. The van der Waals surface area contributed by atoms with E-state index in [9.17, 15) is 8.42 Å². The summed E-state index contributed by atoms with van der Waals surface area (Å²) in [6.07, 6.45) is 1.80. The molecule has 0 fully saturated rings. The molecule has 0 unspecified atom stereocenters. The summed E-state index contributed by atoms with van der Waals surface area (Å²) >= 11 is 4.63. The molecule has 2 aromatic rings. The fourth-order valence-electron chi connectivity index (χ4n) is 1.58. The molecule has 1 heterocycles. The lowest BCUT2D eigenvalue weighted by atomic mass is 10.2. The molecule has 1 aromatic carbocycles. The van der Waals surface area contributed by atoms with Gasteiger partial charge in [0.15, 0.2) is 0 Å². The number of sulfone groups is 1. The van der Waals surface area contributed by atoms with Gasteiger partial charge in [-0.05, 0) is 24.0 Å². The number of nitrogens with two attached hydrogens (primary N) is 1. The van der Waals surface area contributed by atoms with Gasteiger partial charge < -0.3 is 5.73 Å². The van der Waals surface area contributed by atoms with Crippen molar-refractivity contribution in [1.29, 1.82) is 0 Å². The molecule has 2 N–H and O–H groups in total. The summed E-state index contributed by atoms with van der Waals surface area (Å²) in [5.41, 5.74) is 6.28. The summed E-state index contributed by atoms with van der Waals surface area (Å²) in [5.74, 6) is -0.0128. The Morgan fingerprint density at radius 3 is 2.70 bits per heavy atom. The van der Waals surface area contributed by atoms with E-state index < -0.39 is 9.84 Å². The van der Waals surface area contributed by atoms with Gasteiger partial charge in [-0.1, -0.05) is 28.1 Å². The minimum atomic E-state index is -3.62. The first-order valence-corrected chi connectivity index (χ1v) is 9.23. The van der Waals surface area contributed by atoms with Crippen LogP contribution in [0.15, 0.2) is 45.0 Å². The number of nitrogens with zero attached hydrogens (tertiary/aromatic N) is 2. The van der Waals surface area contributed by atoms with E-state index in [1.807, 2.05) is 6.07 Å². The van der Waals surface area contributed by atoms with Crippen LogP contribution in [0, 0.1) is 0 Å². The fraction of sp³-hybridized carbons (Fsp3) is 0.167. The number of rotatable bonds is 4. The first-order valence-electron chi connectivity index (χ1n) is 5.56. The lowest BCUT2D eigenvalue weighted by molar-refractivity contribution is 0.584. The first kappa shape index (κ1) is 15.3. The summed E-state index contributed by atoms with van der Waals surface area (Å²) in [6.45, 7) is 0. The van der Waals surface area contributed by atoms with E-state index in [-0.39, 0.29) is 16.7 Å². The van der Waals surface area contributed by atoms with E-state index in [1.165, 1.54) is 11.8 Å². The van der Waals surface area contributed by atoms with Gasteiger partial charge >= 0.3 is 0 Å². The van der Waals surface area contributed by atoms with Crippen LogP contribution in [0.5, 0.6) is 0 Å². The SMILES string of the molecule is CSc1cc(N)nc(S(=O)(=O)Cc2cccc(Br)c2)n1. The molecule has 106 valence electrons. The average molecular weight is 374 g/mol. The fourth-order valence-corrected chi connectivity index (χ4v) is 3.73. The Kier molecular flexibility index (Phi) is 4.66. The van der Waals surface area contributed by atoms with Crippen molar-refractivity contribution in [3.05, 3.63) is 40.4 Å². The minimum absolute atomic E-state index is 0.150. The standard InChI is InChI=1S/C12H12BrN3O2S2/c1-19-11-6-10(14)15-12(16-11)20(17,18)7-8-3-2-4-9(13)5-8/h2-6H,7H2,1H3,(H2,14,15,16). The molecule has 0 spiro atoms. The second-order valence-electron chi connectivity index (χ2n) is 4.01. The molecule has 2 rings (SSSR count). The van der Waals surface area contributed by atoms with Gasteiger partial charge in [-0.15, -0.1) is 11.8 Å². The van der Waals surface area contributed by atoms with E-state index in [1.54, 1.807) is 30.5 Å². The third-order valence-corrected chi connectivity index (χ3v) is 5.01. The Bertz CT molecular complexity index is 735. The maximum absolute atomic E-state index is 12.3. The van der Waals surface area contributed by atoms with E-state index in [0.717, 1.165) is 4.47 Å². The van der Waals surface area contributed by atoms with Crippen molar-refractivity contribution < 1.29 is 8.42 Å². The number of hydrogen-bond acceptors (Lipinski definition) is 6.